The molecule has 0 aliphatic carbocycles. The zero-order chi connectivity index (χ0) is 9.10. The summed E-state index contributed by atoms with van der Waals surface area (Å²) in [6.07, 6.45) is 3.42. The Balaban J connectivity index is 2.04. The fourth-order valence-corrected chi connectivity index (χ4v) is 1.73. The van der Waals surface area contributed by atoms with Crippen LogP contribution >= 0.6 is 0 Å². The van der Waals surface area contributed by atoms with E-state index in [1.54, 1.807) is 6.07 Å². The molecule has 0 saturated carbocycles. The van der Waals surface area contributed by atoms with E-state index < -0.39 is 0 Å². The molecule has 2 rings (SSSR count). The smallest absolute Gasteiger partial charge is 0.118 e. The Morgan fingerprint density at radius 2 is 2.23 bits per heavy atom. The van der Waals surface area contributed by atoms with E-state index in [4.69, 9.17) is 4.74 Å². The first kappa shape index (κ1) is 8.57. The lowest BCUT2D eigenvalue weighted by Gasteiger charge is -2.09. The molecule has 1 aromatic rings. The summed E-state index contributed by atoms with van der Waals surface area (Å²) in [4.78, 5) is 0. The molecule has 1 atom stereocenters. The normalized spacial score (nSPS) is 22.0. The summed E-state index contributed by atoms with van der Waals surface area (Å²) in [6, 6.07) is 7.47. The molecule has 0 aromatic heterocycles. The summed E-state index contributed by atoms with van der Waals surface area (Å²) in [6.45, 7) is 0.873. The number of hydrogen-bond acceptors (Lipinski definition) is 2. The molecule has 1 unspecified atom stereocenters. The van der Waals surface area contributed by atoms with Gasteiger partial charge in [-0.15, -0.1) is 0 Å². The summed E-state index contributed by atoms with van der Waals surface area (Å²) in [5.41, 5.74) is 0.995. The minimum absolute atomic E-state index is 0.313. The number of rotatable bonds is 2. The quantitative estimate of drug-likeness (QED) is 0.751. The van der Waals surface area contributed by atoms with Crippen LogP contribution in [0.5, 0.6) is 5.75 Å². The molecule has 0 amide bonds. The van der Waals surface area contributed by atoms with E-state index in [9.17, 15) is 5.11 Å². The van der Waals surface area contributed by atoms with Gasteiger partial charge in [-0.2, -0.15) is 0 Å². The first-order chi connectivity index (χ1) is 6.36. The highest BCUT2D eigenvalue weighted by molar-refractivity contribution is 5.32. The predicted octanol–water partition coefficient (Wildman–Crippen LogP) is 2.11. The predicted molar refractivity (Wildman–Crippen MR) is 50.8 cm³/mol. The third-order valence-electron chi connectivity index (χ3n) is 2.46. The van der Waals surface area contributed by atoms with Crippen LogP contribution < -0.4 is 0 Å². The number of aromatic hydroxyl groups is 1. The molecule has 1 heterocycles. The Kier molecular flexibility index (Phi) is 2.50. The molecular formula is C11H14O2. The van der Waals surface area contributed by atoms with Gasteiger partial charge in [0.15, 0.2) is 0 Å². The Bertz CT molecular complexity index is 277. The highest BCUT2D eigenvalue weighted by atomic mass is 16.5. The van der Waals surface area contributed by atoms with Crippen LogP contribution in [0.2, 0.25) is 0 Å². The Hall–Kier alpha value is -1.02. The van der Waals surface area contributed by atoms with E-state index in [0.717, 1.165) is 31.4 Å². The van der Waals surface area contributed by atoms with E-state index in [1.807, 2.05) is 18.2 Å². The first-order valence-corrected chi connectivity index (χ1v) is 4.75. The third kappa shape index (κ3) is 2.01. The number of ether oxygens (including phenoxy) is 1. The van der Waals surface area contributed by atoms with Crippen molar-refractivity contribution in [3.63, 3.8) is 0 Å². The average molecular weight is 178 g/mol. The standard InChI is InChI=1S/C11H14O2/c12-11-6-2-1-4-9(11)8-10-5-3-7-13-10/h1-2,4,6,10,12H,3,5,7-8H2. The molecule has 70 valence electrons. The summed E-state index contributed by atoms with van der Waals surface area (Å²) in [7, 11) is 0. The molecule has 1 aliphatic rings. The number of phenolic OH excluding ortho intramolecular Hbond substituents is 1. The topological polar surface area (TPSA) is 29.5 Å². The van der Waals surface area contributed by atoms with Gasteiger partial charge in [-0.3, -0.25) is 0 Å². The highest BCUT2D eigenvalue weighted by Crippen LogP contribution is 2.22. The lowest BCUT2D eigenvalue weighted by atomic mass is 10.1. The lowest BCUT2D eigenvalue weighted by Crippen LogP contribution is -2.08. The van der Waals surface area contributed by atoms with Gasteiger partial charge < -0.3 is 9.84 Å². The Labute approximate surface area is 78.2 Å². The molecule has 1 aromatic carbocycles. The second kappa shape index (κ2) is 3.79. The maximum atomic E-state index is 9.52. The van der Waals surface area contributed by atoms with Gasteiger partial charge in [0.05, 0.1) is 6.10 Å². The van der Waals surface area contributed by atoms with Crippen LogP contribution in [-0.2, 0) is 11.2 Å². The fourth-order valence-electron chi connectivity index (χ4n) is 1.73. The maximum Gasteiger partial charge on any atom is 0.118 e. The van der Waals surface area contributed by atoms with Crippen molar-refractivity contribution in [2.24, 2.45) is 0 Å². The van der Waals surface area contributed by atoms with Crippen LogP contribution in [0.1, 0.15) is 18.4 Å². The molecule has 1 fully saturated rings. The van der Waals surface area contributed by atoms with Crippen LogP contribution in [0.15, 0.2) is 24.3 Å². The summed E-state index contributed by atoms with van der Waals surface area (Å²) < 4.78 is 5.50. The van der Waals surface area contributed by atoms with Crippen molar-refractivity contribution < 1.29 is 9.84 Å². The number of benzene rings is 1. The lowest BCUT2D eigenvalue weighted by molar-refractivity contribution is 0.111. The van der Waals surface area contributed by atoms with Gasteiger partial charge in [-0.25, -0.2) is 0 Å². The summed E-state index contributed by atoms with van der Waals surface area (Å²) in [5, 5.41) is 9.52. The van der Waals surface area contributed by atoms with Crippen molar-refractivity contribution >= 4 is 0 Å². The van der Waals surface area contributed by atoms with Gasteiger partial charge in [0.1, 0.15) is 5.75 Å². The second-order valence-corrected chi connectivity index (χ2v) is 3.47. The summed E-state index contributed by atoms with van der Waals surface area (Å²) >= 11 is 0. The number of para-hydroxylation sites is 1. The second-order valence-electron chi connectivity index (χ2n) is 3.47. The monoisotopic (exact) mass is 178 g/mol. The minimum Gasteiger partial charge on any atom is -0.508 e. The van der Waals surface area contributed by atoms with Gasteiger partial charge in [0.25, 0.3) is 0 Å². The molecule has 2 nitrogen and oxygen atoms in total. The van der Waals surface area contributed by atoms with Gasteiger partial charge in [0.2, 0.25) is 0 Å². The van der Waals surface area contributed by atoms with Crippen molar-refractivity contribution in [3.05, 3.63) is 29.8 Å². The van der Waals surface area contributed by atoms with Crippen LogP contribution in [0, 0.1) is 0 Å². The van der Waals surface area contributed by atoms with E-state index in [2.05, 4.69) is 0 Å². The molecule has 0 spiro atoms. The Morgan fingerprint density at radius 3 is 2.92 bits per heavy atom. The van der Waals surface area contributed by atoms with Gasteiger partial charge in [0, 0.05) is 13.0 Å². The minimum atomic E-state index is 0.313. The zero-order valence-electron chi connectivity index (χ0n) is 7.57. The van der Waals surface area contributed by atoms with E-state index in [1.165, 1.54) is 0 Å². The SMILES string of the molecule is Oc1ccccc1CC1CCCO1. The molecule has 0 bridgehead atoms. The molecule has 1 aliphatic heterocycles. The third-order valence-corrected chi connectivity index (χ3v) is 2.46. The van der Waals surface area contributed by atoms with Crippen molar-refractivity contribution in [1.29, 1.82) is 0 Å². The molecule has 13 heavy (non-hydrogen) atoms. The molecule has 0 radical (unpaired) electrons. The maximum absolute atomic E-state index is 9.52. The fraction of sp³-hybridized carbons (Fsp3) is 0.455. The van der Waals surface area contributed by atoms with Gasteiger partial charge in [-0.1, -0.05) is 18.2 Å². The number of hydrogen-bond donors (Lipinski definition) is 1. The molecule has 1 N–H and O–H groups in total. The van der Waals surface area contributed by atoms with Crippen LogP contribution in [0.4, 0.5) is 0 Å². The molecule has 2 heteroatoms. The first-order valence-electron chi connectivity index (χ1n) is 4.75. The molecule has 1 saturated heterocycles. The van der Waals surface area contributed by atoms with Crippen LogP contribution in [0.3, 0.4) is 0 Å². The molecular weight excluding hydrogens is 164 g/mol. The van der Waals surface area contributed by atoms with Crippen molar-refractivity contribution in [2.75, 3.05) is 6.61 Å². The van der Waals surface area contributed by atoms with Gasteiger partial charge in [-0.05, 0) is 24.5 Å². The van der Waals surface area contributed by atoms with Crippen molar-refractivity contribution in [1.82, 2.24) is 0 Å². The highest BCUT2D eigenvalue weighted by Gasteiger charge is 2.16. The van der Waals surface area contributed by atoms with Crippen molar-refractivity contribution in [2.45, 2.75) is 25.4 Å². The van der Waals surface area contributed by atoms with E-state index >= 15 is 0 Å². The number of phenols is 1. The van der Waals surface area contributed by atoms with Crippen molar-refractivity contribution in [3.8, 4) is 5.75 Å². The van der Waals surface area contributed by atoms with Crippen LogP contribution in [-0.4, -0.2) is 17.8 Å². The van der Waals surface area contributed by atoms with E-state index in [-0.39, 0.29) is 0 Å². The van der Waals surface area contributed by atoms with Gasteiger partial charge >= 0.3 is 0 Å². The summed E-state index contributed by atoms with van der Waals surface area (Å²) in [5.74, 6) is 0.387. The largest absolute Gasteiger partial charge is 0.508 e. The van der Waals surface area contributed by atoms with E-state index in [0.29, 0.717) is 11.9 Å². The van der Waals surface area contributed by atoms with Crippen LogP contribution in [0.25, 0.3) is 0 Å². The zero-order valence-corrected chi connectivity index (χ0v) is 7.57. The average Bonchev–Trinajstić information content (AvgIpc) is 2.61. The Morgan fingerprint density at radius 1 is 1.38 bits per heavy atom.